The molecule has 0 aliphatic carbocycles. The van der Waals surface area contributed by atoms with Crippen LogP contribution in [0.15, 0.2) is 17.1 Å². The van der Waals surface area contributed by atoms with E-state index in [-0.39, 0.29) is 11.4 Å². The Hall–Kier alpha value is -0.0400. The summed E-state index contributed by atoms with van der Waals surface area (Å²) < 4.78 is 14.7. The fraction of sp³-hybridized carbons (Fsp3) is 0.375. The van der Waals surface area contributed by atoms with Crippen molar-refractivity contribution in [1.29, 1.82) is 0 Å². The fourth-order valence-corrected chi connectivity index (χ4v) is 1.91. The average Bonchev–Trinajstić information content (AvgIpc) is 2.09. The van der Waals surface area contributed by atoms with Crippen molar-refractivity contribution in [3.05, 3.63) is 32.0 Å². The second kappa shape index (κ2) is 4.99. The summed E-state index contributed by atoms with van der Waals surface area (Å²) in [5, 5.41) is 0. The van der Waals surface area contributed by atoms with Crippen molar-refractivity contribution in [2.45, 2.75) is 6.54 Å². The number of pyridine rings is 1. The highest BCUT2D eigenvalue weighted by molar-refractivity contribution is 14.1. The standard InChI is InChI=1S/C8H9FINOS/c1-13-3-2-11-5-6(9)4-7(10)8(11)12/h4-5H,2-3H2,1H3. The minimum Gasteiger partial charge on any atom is -0.311 e. The van der Waals surface area contributed by atoms with Crippen LogP contribution in [0.5, 0.6) is 0 Å². The molecule has 0 fully saturated rings. The normalized spacial score (nSPS) is 10.4. The molecule has 0 saturated carbocycles. The van der Waals surface area contributed by atoms with Crippen LogP contribution in [0.1, 0.15) is 0 Å². The van der Waals surface area contributed by atoms with Crippen LogP contribution in [0.3, 0.4) is 0 Å². The molecule has 1 aromatic rings. The summed E-state index contributed by atoms with van der Waals surface area (Å²) in [6.45, 7) is 0.563. The third kappa shape index (κ3) is 2.98. The van der Waals surface area contributed by atoms with Gasteiger partial charge in [-0.15, -0.1) is 0 Å². The molecule has 1 heterocycles. The van der Waals surface area contributed by atoms with Crippen molar-refractivity contribution in [3.8, 4) is 0 Å². The maximum atomic E-state index is 12.9. The van der Waals surface area contributed by atoms with Gasteiger partial charge in [0, 0.05) is 18.5 Å². The van der Waals surface area contributed by atoms with Crippen LogP contribution >= 0.6 is 34.4 Å². The predicted molar refractivity (Wildman–Crippen MR) is 61.8 cm³/mol. The summed E-state index contributed by atoms with van der Waals surface area (Å²) in [6, 6.07) is 1.25. The molecule has 13 heavy (non-hydrogen) atoms. The van der Waals surface area contributed by atoms with Crippen LogP contribution in [0, 0.1) is 9.39 Å². The number of aromatic nitrogens is 1. The van der Waals surface area contributed by atoms with E-state index in [1.54, 1.807) is 11.8 Å². The fourth-order valence-electron chi connectivity index (χ4n) is 0.920. The first-order chi connectivity index (χ1) is 6.15. The van der Waals surface area contributed by atoms with E-state index < -0.39 is 0 Å². The Morgan fingerprint density at radius 2 is 2.38 bits per heavy atom. The summed E-state index contributed by atoms with van der Waals surface area (Å²) in [5.74, 6) is 0.463. The van der Waals surface area contributed by atoms with Gasteiger partial charge in [0.25, 0.3) is 5.56 Å². The monoisotopic (exact) mass is 313 g/mol. The molecule has 0 bridgehead atoms. The van der Waals surface area contributed by atoms with E-state index in [1.165, 1.54) is 16.8 Å². The zero-order valence-electron chi connectivity index (χ0n) is 7.09. The lowest BCUT2D eigenvalue weighted by atomic mass is 10.4. The van der Waals surface area contributed by atoms with Crippen molar-refractivity contribution in [1.82, 2.24) is 4.57 Å². The minimum absolute atomic E-state index is 0.115. The molecule has 72 valence electrons. The minimum atomic E-state index is -0.356. The molecule has 1 rings (SSSR count). The van der Waals surface area contributed by atoms with Crippen LogP contribution in [-0.4, -0.2) is 16.6 Å². The van der Waals surface area contributed by atoms with Crippen molar-refractivity contribution < 1.29 is 4.39 Å². The highest BCUT2D eigenvalue weighted by Gasteiger charge is 2.02. The van der Waals surface area contributed by atoms with Crippen LogP contribution in [-0.2, 0) is 6.54 Å². The lowest BCUT2D eigenvalue weighted by molar-refractivity contribution is 0.589. The average molecular weight is 313 g/mol. The number of halogens is 2. The van der Waals surface area contributed by atoms with Crippen LogP contribution in [0.25, 0.3) is 0 Å². The van der Waals surface area contributed by atoms with Crippen molar-refractivity contribution >= 4 is 34.4 Å². The Morgan fingerprint density at radius 1 is 1.69 bits per heavy atom. The molecule has 0 aliphatic rings. The van der Waals surface area contributed by atoms with E-state index in [0.29, 0.717) is 10.1 Å². The maximum absolute atomic E-state index is 12.9. The van der Waals surface area contributed by atoms with E-state index >= 15 is 0 Å². The van der Waals surface area contributed by atoms with E-state index in [0.717, 1.165) is 5.75 Å². The van der Waals surface area contributed by atoms with Crippen molar-refractivity contribution in [2.75, 3.05) is 12.0 Å². The van der Waals surface area contributed by atoms with Crippen LogP contribution in [0.2, 0.25) is 0 Å². The van der Waals surface area contributed by atoms with E-state index in [4.69, 9.17) is 0 Å². The highest BCUT2D eigenvalue weighted by Crippen LogP contribution is 2.02. The van der Waals surface area contributed by atoms with Gasteiger partial charge in [-0.1, -0.05) is 0 Å². The molecule has 0 saturated heterocycles. The second-order valence-electron chi connectivity index (χ2n) is 2.50. The number of rotatable bonds is 3. The van der Waals surface area contributed by atoms with E-state index in [2.05, 4.69) is 0 Å². The van der Waals surface area contributed by atoms with Gasteiger partial charge in [-0.3, -0.25) is 4.79 Å². The Bertz CT molecular complexity index is 352. The molecule has 0 amide bonds. The van der Waals surface area contributed by atoms with Gasteiger partial charge in [0.15, 0.2) is 0 Å². The summed E-state index contributed by atoms with van der Waals surface area (Å²) in [4.78, 5) is 11.4. The lowest BCUT2D eigenvalue weighted by Crippen LogP contribution is -2.23. The number of hydrogen-bond donors (Lipinski definition) is 0. The molecule has 0 N–H and O–H groups in total. The quantitative estimate of drug-likeness (QED) is 0.796. The third-order valence-corrected chi connectivity index (χ3v) is 2.91. The number of aryl methyl sites for hydroxylation is 1. The molecule has 5 heteroatoms. The van der Waals surface area contributed by atoms with Crippen molar-refractivity contribution in [3.63, 3.8) is 0 Å². The molecular formula is C8H9FINOS. The third-order valence-electron chi connectivity index (χ3n) is 1.55. The first kappa shape index (κ1) is 11.0. The molecular weight excluding hydrogens is 304 g/mol. The first-order valence-corrected chi connectivity index (χ1v) is 6.17. The van der Waals surface area contributed by atoms with Gasteiger partial charge >= 0.3 is 0 Å². The Kier molecular flexibility index (Phi) is 4.24. The topological polar surface area (TPSA) is 22.0 Å². The lowest BCUT2D eigenvalue weighted by Gasteiger charge is -2.04. The van der Waals surface area contributed by atoms with Gasteiger partial charge in [0.2, 0.25) is 0 Å². The maximum Gasteiger partial charge on any atom is 0.264 e. The summed E-state index contributed by atoms with van der Waals surface area (Å²) in [6.07, 6.45) is 3.20. The summed E-state index contributed by atoms with van der Waals surface area (Å²) in [5.41, 5.74) is -0.115. The number of hydrogen-bond acceptors (Lipinski definition) is 2. The number of nitrogens with zero attached hydrogens (tertiary/aromatic N) is 1. The summed E-state index contributed by atoms with van der Waals surface area (Å²) >= 11 is 3.48. The summed E-state index contributed by atoms with van der Waals surface area (Å²) in [7, 11) is 0. The molecule has 0 atom stereocenters. The van der Waals surface area contributed by atoms with Gasteiger partial charge in [-0.2, -0.15) is 11.8 Å². The SMILES string of the molecule is CSCCn1cc(F)cc(I)c1=O. The van der Waals surface area contributed by atoms with Crippen LogP contribution < -0.4 is 5.56 Å². The molecule has 0 unspecified atom stereocenters. The highest BCUT2D eigenvalue weighted by atomic mass is 127. The zero-order chi connectivity index (χ0) is 9.84. The van der Waals surface area contributed by atoms with E-state index in [9.17, 15) is 9.18 Å². The van der Waals surface area contributed by atoms with Gasteiger partial charge < -0.3 is 4.57 Å². The Balaban J connectivity index is 2.99. The molecule has 0 aliphatic heterocycles. The molecule has 2 nitrogen and oxygen atoms in total. The zero-order valence-corrected chi connectivity index (χ0v) is 10.1. The molecule has 1 aromatic heterocycles. The smallest absolute Gasteiger partial charge is 0.264 e. The van der Waals surface area contributed by atoms with E-state index in [1.807, 2.05) is 28.8 Å². The molecule has 0 aromatic carbocycles. The largest absolute Gasteiger partial charge is 0.311 e. The van der Waals surface area contributed by atoms with Crippen LogP contribution in [0.4, 0.5) is 4.39 Å². The Morgan fingerprint density at radius 3 is 3.00 bits per heavy atom. The van der Waals surface area contributed by atoms with Crippen molar-refractivity contribution in [2.24, 2.45) is 0 Å². The van der Waals surface area contributed by atoms with Gasteiger partial charge in [-0.05, 0) is 34.9 Å². The van der Waals surface area contributed by atoms with Gasteiger partial charge in [-0.25, -0.2) is 4.39 Å². The predicted octanol–water partition coefficient (Wildman–Crippen LogP) is 1.95. The number of thioether (sulfide) groups is 1. The Labute approximate surface area is 93.7 Å². The van der Waals surface area contributed by atoms with Gasteiger partial charge in [0.05, 0.1) is 3.57 Å². The first-order valence-electron chi connectivity index (χ1n) is 3.69. The second-order valence-corrected chi connectivity index (χ2v) is 4.65. The molecule has 0 radical (unpaired) electrons. The van der Waals surface area contributed by atoms with Gasteiger partial charge in [0.1, 0.15) is 5.82 Å². The molecule has 0 spiro atoms.